The molecule has 2 amide bonds. The first-order valence-corrected chi connectivity index (χ1v) is 14.5. The highest BCUT2D eigenvalue weighted by atomic mass is 16.2. The van der Waals surface area contributed by atoms with Crippen LogP contribution in [0.25, 0.3) is 0 Å². The van der Waals surface area contributed by atoms with Crippen LogP contribution in [0.15, 0.2) is 24.3 Å². The van der Waals surface area contributed by atoms with E-state index in [1.54, 1.807) is 0 Å². The van der Waals surface area contributed by atoms with Gasteiger partial charge in [0.1, 0.15) is 0 Å². The highest BCUT2D eigenvalue weighted by Gasteiger charge is 2.36. The van der Waals surface area contributed by atoms with Gasteiger partial charge in [0, 0.05) is 55.9 Å². The molecule has 0 saturated carbocycles. The van der Waals surface area contributed by atoms with E-state index < -0.39 is 0 Å². The minimum absolute atomic E-state index is 0.0739. The van der Waals surface area contributed by atoms with Crippen LogP contribution in [0.1, 0.15) is 86.4 Å². The van der Waals surface area contributed by atoms with Crippen molar-refractivity contribution >= 4 is 11.8 Å². The van der Waals surface area contributed by atoms with Gasteiger partial charge in [0.2, 0.25) is 0 Å². The molecule has 4 aliphatic rings. The maximum absolute atomic E-state index is 13.3. The molecule has 4 fully saturated rings. The molecule has 4 aliphatic heterocycles. The number of benzene rings is 1. The van der Waals surface area contributed by atoms with Gasteiger partial charge in [-0.1, -0.05) is 26.8 Å². The van der Waals surface area contributed by atoms with E-state index in [0.717, 1.165) is 57.8 Å². The van der Waals surface area contributed by atoms with Crippen molar-refractivity contribution < 1.29 is 9.59 Å². The number of carbonyl (C=O) groups excluding carboxylic acids is 2. The summed E-state index contributed by atoms with van der Waals surface area (Å²) in [5.74, 6) is 0.916. The Morgan fingerprint density at radius 1 is 0.694 bits per heavy atom. The van der Waals surface area contributed by atoms with Crippen LogP contribution in [0.2, 0.25) is 0 Å². The number of rotatable bonds is 4. The molecule has 0 spiro atoms. The Hall–Kier alpha value is -1.92. The minimum atomic E-state index is 0.0739. The third-order valence-corrected chi connectivity index (χ3v) is 9.48. The summed E-state index contributed by atoms with van der Waals surface area (Å²) in [4.78, 5) is 35.8. The van der Waals surface area contributed by atoms with Gasteiger partial charge in [-0.3, -0.25) is 14.5 Å². The molecule has 1 aromatic carbocycles. The lowest BCUT2D eigenvalue weighted by Crippen LogP contribution is -2.46. The van der Waals surface area contributed by atoms with Crippen LogP contribution in [0, 0.1) is 11.3 Å². The largest absolute Gasteiger partial charge is 0.339 e. The van der Waals surface area contributed by atoms with Crippen LogP contribution in [0.4, 0.5) is 0 Å². The van der Waals surface area contributed by atoms with E-state index in [1.807, 2.05) is 34.1 Å². The number of piperidine rings is 2. The summed E-state index contributed by atoms with van der Waals surface area (Å²) in [6, 6.07) is 8.68. The molecular formula is C30H46N4O2. The summed E-state index contributed by atoms with van der Waals surface area (Å²) in [6.07, 6.45) is 8.14. The summed E-state index contributed by atoms with van der Waals surface area (Å²) in [6.45, 7) is 15.2. The van der Waals surface area contributed by atoms with Crippen molar-refractivity contribution in [2.45, 2.75) is 77.8 Å². The van der Waals surface area contributed by atoms with Crippen molar-refractivity contribution in [1.82, 2.24) is 19.6 Å². The Kier molecular flexibility index (Phi) is 7.73. The summed E-state index contributed by atoms with van der Waals surface area (Å²) in [5, 5.41) is 0. The molecule has 0 N–H and O–H groups in total. The fourth-order valence-electron chi connectivity index (χ4n) is 6.95. The molecule has 0 bridgehead atoms. The molecule has 6 heteroatoms. The van der Waals surface area contributed by atoms with Crippen molar-refractivity contribution in [1.29, 1.82) is 0 Å². The van der Waals surface area contributed by atoms with Crippen molar-refractivity contribution in [3.8, 4) is 0 Å². The summed E-state index contributed by atoms with van der Waals surface area (Å²) in [7, 11) is 0. The Morgan fingerprint density at radius 2 is 1.19 bits per heavy atom. The predicted octanol–water partition coefficient (Wildman–Crippen LogP) is 4.36. The Bertz CT molecular complexity index is 919. The van der Waals surface area contributed by atoms with E-state index in [2.05, 4.69) is 30.6 Å². The van der Waals surface area contributed by atoms with Gasteiger partial charge in [0.05, 0.1) is 0 Å². The van der Waals surface area contributed by atoms with Gasteiger partial charge in [0.25, 0.3) is 11.8 Å². The third-order valence-electron chi connectivity index (χ3n) is 9.48. The second kappa shape index (κ2) is 10.8. The van der Waals surface area contributed by atoms with Crippen molar-refractivity contribution in [2.75, 3.05) is 52.4 Å². The van der Waals surface area contributed by atoms with E-state index in [9.17, 15) is 9.59 Å². The number of amides is 2. The fourth-order valence-corrected chi connectivity index (χ4v) is 6.95. The third kappa shape index (κ3) is 5.65. The number of hydrogen-bond donors (Lipinski definition) is 0. The fraction of sp³-hybridized carbons (Fsp3) is 0.733. The van der Waals surface area contributed by atoms with Crippen LogP contribution >= 0.6 is 0 Å². The van der Waals surface area contributed by atoms with E-state index in [1.165, 1.54) is 45.4 Å². The summed E-state index contributed by atoms with van der Waals surface area (Å²) in [5.41, 5.74) is 1.68. The quantitative estimate of drug-likeness (QED) is 0.624. The lowest BCUT2D eigenvalue weighted by molar-refractivity contribution is 0.0634. The second-order valence-corrected chi connectivity index (χ2v) is 12.7. The van der Waals surface area contributed by atoms with Gasteiger partial charge in [-0.05, 0) is 94.1 Å². The van der Waals surface area contributed by atoms with Crippen molar-refractivity contribution in [3.63, 3.8) is 0 Å². The molecule has 0 aromatic heterocycles. The molecule has 1 aromatic rings. The number of likely N-dealkylation sites (tertiary alicyclic amines) is 4. The lowest BCUT2D eigenvalue weighted by atomic mass is 9.80. The van der Waals surface area contributed by atoms with Crippen LogP contribution in [0.5, 0.6) is 0 Å². The number of nitrogens with zero attached hydrogens (tertiary/aromatic N) is 4. The zero-order valence-electron chi connectivity index (χ0n) is 22.8. The monoisotopic (exact) mass is 494 g/mol. The molecule has 6 nitrogen and oxygen atoms in total. The maximum atomic E-state index is 13.3. The van der Waals surface area contributed by atoms with E-state index in [0.29, 0.717) is 28.6 Å². The topological polar surface area (TPSA) is 47.1 Å². The molecule has 36 heavy (non-hydrogen) atoms. The Labute approximate surface area is 218 Å². The highest BCUT2D eigenvalue weighted by molar-refractivity contribution is 5.99. The lowest BCUT2D eigenvalue weighted by Gasteiger charge is -2.37. The first kappa shape index (κ1) is 25.7. The molecule has 0 radical (unpaired) electrons. The average molecular weight is 495 g/mol. The van der Waals surface area contributed by atoms with Gasteiger partial charge >= 0.3 is 0 Å². The van der Waals surface area contributed by atoms with Crippen LogP contribution in [0.3, 0.4) is 0 Å². The molecule has 1 atom stereocenters. The minimum Gasteiger partial charge on any atom is -0.339 e. The maximum Gasteiger partial charge on any atom is 0.253 e. The molecular weight excluding hydrogens is 448 g/mol. The average Bonchev–Trinajstić information content (AvgIpc) is 3.61. The van der Waals surface area contributed by atoms with E-state index in [4.69, 9.17) is 0 Å². The predicted molar refractivity (Wildman–Crippen MR) is 144 cm³/mol. The number of hydrogen-bond acceptors (Lipinski definition) is 4. The molecule has 5 rings (SSSR count). The molecule has 198 valence electrons. The molecule has 0 aliphatic carbocycles. The summed E-state index contributed by atoms with van der Waals surface area (Å²) < 4.78 is 0. The normalized spacial score (nSPS) is 25.6. The van der Waals surface area contributed by atoms with E-state index in [-0.39, 0.29) is 11.8 Å². The van der Waals surface area contributed by atoms with E-state index >= 15 is 0 Å². The van der Waals surface area contributed by atoms with Gasteiger partial charge < -0.3 is 14.7 Å². The standard InChI is InChI=1S/C30H46N4O2/c1-30(2,3)25-9-16-34(22-25)27-12-19-33(20-13-27)29(36)24-8-6-7-23(21-24)28(35)32-17-10-26(11-18-32)31-14-4-5-15-31/h6-8,21,25-27H,4-5,9-20,22H2,1-3H3. The SMILES string of the molecule is CC(C)(C)C1CCN(C2CCN(C(=O)c3cccc(C(=O)N4CCC(N5CCCC5)CC4)c3)CC2)C1. The molecule has 1 unspecified atom stereocenters. The second-order valence-electron chi connectivity index (χ2n) is 12.7. The molecule has 4 heterocycles. The Morgan fingerprint density at radius 3 is 1.67 bits per heavy atom. The van der Waals surface area contributed by atoms with Gasteiger partial charge in [-0.25, -0.2) is 0 Å². The Balaban J connectivity index is 1.13. The van der Waals surface area contributed by atoms with Gasteiger partial charge in [-0.2, -0.15) is 0 Å². The van der Waals surface area contributed by atoms with Gasteiger partial charge in [-0.15, -0.1) is 0 Å². The van der Waals surface area contributed by atoms with Crippen LogP contribution < -0.4 is 0 Å². The van der Waals surface area contributed by atoms with Gasteiger partial charge in [0.15, 0.2) is 0 Å². The zero-order chi connectivity index (χ0) is 25.3. The van der Waals surface area contributed by atoms with Crippen LogP contribution in [-0.4, -0.2) is 95.9 Å². The zero-order valence-corrected chi connectivity index (χ0v) is 22.8. The summed E-state index contributed by atoms with van der Waals surface area (Å²) >= 11 is 0. The molecule has 4 saturated heterocycles. The van der Waals surface area contributed by atoms with Crippen LogP contribution in [-0.2, 0) is 0 Å². The smallest absolute Gasteiger partial charge is 0.253 e. The van der Waals surface area contributed by atoms with Crippen molar-refractivity contribution in [3.05, 3.63) is 35.4 Å². The van der Waals surface area contributed by atoms with Crippen molar-refractivity contribution in [2.24, 2.45) is 11.3 Å². The number of carbonyl (C=O) groups is 2. The highest BCUT2D eigenvalue weighted by Crippen LogP contribution is 2.35. The first-order valence-electron chi connectivity index (χ1n) is 14.5. The first-order chi connectivity index (χ1) is 17.3.